The molecule has 7 heteroatoms. The van der Waals surface area contributed by atoms with Gasteiger partial charge in [0.25, 0.3) is 0 Å². The number of carboxylic acid groups (broad SMARTS) is 1. The number of morpholine rings is 1. The van der Waals surface area contributed by atoms with Crippen LogP contribution >= 0.6 is 0 Å². The number of rotatable bonds is 7. The highest BCUT2D eigenvalue weighted by molar-refractivity contribution is 5.77. The van der Waals surface area contributed by atoms with Gasteiger partial charge in [0.15, 0.2) is 0 Å². The Morgan fingerprint density at radius 2 is 2.17 bits per heavy atom. The maximum absolute atomic E-state index is 12.4. The number of carbonyl (C=O) groups excluding carboxylic acids is 1. The maximum atomic E-state index is 12.4. The molecule has 1 heterocycles. The van der Waals surface area contributed by atoms with Crippen LogP contribution in [-0.4, -0.2) is 85.4 Å². The van der Waals surface area contributed by atoms with Crippen LogP contribution < -0.4 is 0 Å². The molecule has 0 radical (unpaired) electrons. The molecule has 7 nitrogen and oxygen atoms in total. The predicted molar refractivity (Wildman–Crippen MR) is 88.8 cm³/mol. The van der Waals surface area contributed by atoms with Crippen molar-refractivity contribution in [2.24, 2.45) is 5.92 Å². The van der Waals surface area contributed by atoms with Crippen molar-refractivity contribution in [3.05, 3.63) is 0 Å². The monoisotopic (exact) mass is 342 g/mol. The molecule has 2 fully saturated rings. The molecule has 1 amide bonds. The van der Waals surface area contributed by atoms with Gasteiger partial charge in [0.2, 0.25) is 5.91 Å². The van der Waals surface area contributed by atoms with Crippen molar-refractivity contribution in [2.45, 2.75) is 44.8 Å². The fourth-order valence-corrected chi connectivity index (χ4v) is 3.51. The van der Waals surface area contributed by atoms with E-state index < -0.39 is 5.97 Å². The van der Waals surface area contributed by atoms with Crippen molar-refractivity contribution >= 4 is 11.9 Å². The van der Waals surface area contributed by atoms with Gasteiger partial charge in [-0.3, -0.25) is 14.5 Å². The number of nitrogens with zero attached hydrogens (tertiary/aromatic N) is 2. The van der Waals surface area contributed by atoms with Crippen LogP contribution in [0, 0.1) is 5.92 Å². The van der Waals surface area contributed by atoms with E-state index in [0.717, 1.165) is 12.8 Å². The summed E-state index contributed by atoms with van der Waals surface area (Å²) >= 11 is 0. The predicted octanol–water partition coefficient (Wildman–Crippen LogP) is 0.826. The molecule has 1 aliphatic carbocycles. The standard InChI is InChI=1S/C17H30N2O5/c1-13-4-3-5-14(8-13)24-12-16(20)19-6-7-23-15(10-19)9-18(2)11-17(21)22/h13-15H,3-12H2,1-2H3,(H,21,22)/t13-,14-,15+/m1/s1. The zero-order valence-electron chi connectivity index (χ0n) is 14.8. The van der Waals surface area contributed by atoms with Gasteiger partial charge < -0.3 is 19.5 Å². The minimum Gasteiger partial charge on any atom is -0.480 e. The lowest BCUT2D eigenvalue weighted by Crippen LogP contribution is -2.50. The number of hydrogen-bond acceptors (Lipinski definition) is 5. The Bertz CT molecular complexity index is 431. The largest absolute Gasteiger partial charge is 0.480 e. The maximum Gasteiger partial charge on any atom is 0.317 e. The molecule has 24 heavy (non-hydrogen) atoms. The molecular weight excluding hydrogens is 312 g/mol. The van der Waals surface area contributed by atoms with E-state index in [4.69, 9.17) is 14.6 Å². The van der Waals surface area contributed by atoms with Crippen LogP contribution in [0.3, 0.4) is 0 Å². The molecule has 0 aromatic heterocycles. The summed E-state index contributed by atoms with van der Waals surface area (Å²) < 4.78 is 11.5. The zero-order valence-corrected chi connectivity index (χ0v) is 14.8. The van der Waals surface area contributed by atoms with E-state index in [1.807, 2.05) is 0 Å². The fraction of sp³-hybridized carbons (Fsp3) is 0.882. The van der Waals surface area contributed by atoms with Gasteiger partial charge in [0, 0.05) is 19.6 Å². The number of carboxylic acids is 1. The highest BCUT2D eigenvalue weighted by Gasteiger charge is 2.27. The Hall–Kier alpha value is -1.18. The Kier molecular flexibility index (Phi) is 7.45. The highest BCUT2D eigenvalue weighted by Crippen LogP contribution is 2.25. The Morgan fingerprint density at radius 1 is 1.38 bits per heavy atom. The first-order valence-corrected chi connectivity index (χ1v) is 8.85. The van der Waals surface area contributed by atoms with Crippen LogP contribution in [0.5, 0.6) is 0 Å². The zero-order chi connectivity index (χ0) is 17.5. The Morgan fingerprint density at radius 3 is 2.88 bits per heavy atom. The van der Waals surface area contributed by atoms with Gasteiger partial charge in [-0.25, -0.2) is 0 Å². The third-order valence-corrected chi connectivity index (χ3v) is 4.74. The molecule has 3 atom stereocenters. The van der Waals surface area contributed by atoms with Crippen LogP contribution in [0.2, 0.25) is 0 Å². The molecule has 0 spiro atoms. The van der Waals surface area contributed by atoms with E-state index in [1.165, 1.54) is 12.8 Å². The number of likely N-dealkylation sites (N-methyl/N-ethyl adjacent to an activating group) is 1. The first-order valence-electron chi connectivity index (χ1n) is 8.85. The van der Waals surface area contributed by atoms with Gasteiger partial charge in [-0.1, -0.05) is 19.8 Å². The molecule has 138 valence electrons. The van der Waals surface area contributed by atoms with E-state index in [-0.39, 0.29) is 31.3 Å². The fourth-order valence-electron chi connectivity index (χ4n) is 3.51. The van der Waals surface area contributed by atoms with E-state index in [0.29, 0.717) is 32.2 Å². The summed E-state index contributed by atoms with van der Waals surface area (Å²) in [5, 5.41) is 8.80. The second-order valence-electron chi connectivity index (χ2n) is 7.13. The molecule has 0 unspecified atom stereocenters. The van der Waals surface area contributed by atoms with Crippen LogP contribution in [0.1, 0.15) is 32.6 Å². The van der Waals surface area contributed by atoms with Gasteiger partial charge in [0.05, 0.1) is 25.4 Å². The van der Waals surface area contributed by atoms with Crippen LogP contribution in [0.15, 0.2) is 0 Å². The summed E-state index contributed by atoms with van der Waals surface area (Å²) in [6.07, 6.45) is 4.57. The molecule has 0 aromatic rings. The third-order valence-electron chi connectivity index (χ3n) is 4.74. The van der Waals surface area contributed by atoms with Crippen LogP contribution in [0.25, 0.3) is 0 Å². The summed E-state index contributed by atoms with van der Waals surface area (Å²) in [5.74, 6) is -0.185. The second kappa shape index (κ2) is 9.34. The van der Waals surface area contributed by atoms with Crippen molar-refractivity contribution in [2.75, 3.05) is 46.4 Å². The minimum atomic E-state index is -0.864. The SMILES string of the molecule is C[C@@H]1CCC[C@@H](OCC(=O)N2CCO[C@@H](CN(C)CC(=O)O)C2)C1. The van der Waals surface area contributed by atoms with E-state index in [1.54, 1.807) is 16.8 Å². The number of aliphatic carboxylic acids is 1. The molecule has 1 N–H and O–H groups in total. The number of amides is 1. The smallest absolute Gasteiger partial charge is 0.317 e. The molecule has 1 saturated heterocycles. The summed E-state index contributed by atoms with van der Waals surface area (Å²) in [7, 11) is 1.74. The van der Waals surface area contributed by atoms with Gasteiger partial charge in [0.1, 0.15) is 6.61 Å². The second-order valence-corrected chi connectivity index (χ2v) is 7.13. The number of carbonyl (C=O) groups is 2. The van der Waals surface area contributed by atoms with Crippen molar-refractivity contribution < 1.29 is 24.2 Å². The quantitative estimate of drug-likeness (QED) is 0.738. The highest BCUT2D eigenvalue weighted by atomic mass is 16.5. The van der Waals surface area contributed by atoms with Gasteiger partial charge in [-0.2, -0.15) is 0 Å². The first kappa shape index (κ1) is 19.1. The van der Waals surface area contributed by atoms with Gasteiger partial charge in [-0.15, -0.1) is 0 Å². The number of hydrogen-bond donors (Lipinski definition) is 1. The Balaban J connectivity index is 1.72. The summed E-state index contributed by atoms with van der Waals surface area (Å²) in [6, 6.07) is 0. The molecule has 1 aliphatic heterocycles. The summed E-state index contributed by atoms with van der Waals surface area (Å²) in [5.41, 5.74) is 0. The van der Waals surface area contributed by atoms with Crippen molar-refractivity contribution in [1.29, 1.82) is 0 Å². The average molecular weight is 342 g/mol. The molecule has 0 bridgehead atoms. The topological polar surface area (TPSA) is 79.3 Å². The lowest BCUT2D eigenvalue weighted by molar-refractivity contribution is -0.148. The lowest BCUT2D eigenvalue weighted by Gasteiger charge is -2.35. The van der Waals surface area contributed by atoms with E-state index in [2.05, 4.69) is 6.92 Å². The molecule has 0 aromatic carbocycles. The molecule has 2 rings (SSSR count). The van der Waals surface area contributed by atoms with Crippen molar-refractivity contribution in [3.63, 3.8) is 0 Å². The first-order chi connectivity index (χ1) is 11.4. The van der Waals surface area contributed by atoms with E-state index >= 15 is 0 Å². The van der Waals surface area contributed by atoms with Gasteiger partial charge >= 0.3 is 5.97 Å². The van der Waals surface area contributed by atoms with E-state index in [9.17, 15) is 9.59 Å². The van der Waals surface area contributed by atoms with Crippen LogP contribution in [-0.2, 0) is 19.1 Å². The minimum absolute atomic E-state index is 0.00224. The molecule has 1 saturated carbocycles. The molecular formula is C17H30N2O5. The average Bonchev–Trinajstić information content (AvgIpc) is 2.52. The lowest BCUT2D eigenvalue weighted by atomic mass is 9.89. The van der Waals surface area contributed by atoms with Crippen LogP contribution in [0.4, 0.5) is 0 Å². The third kappa shape index (κ3) is 6.37. The van der Waals surface area contributed by atoms with Gasteiger partial charge in [-0.05, 0) is 25.8 Å². The Labute approximate surface area is 143 Å². The summed E-state index contributed by atoms with van der Waals surface area (Å²) in [4.78, 5) is 26.6. The summed E-state index contributed by atoms with van der Waals surface area (Å²) in [6.45, 7) is 4.38. The normalized spacial score (nSPS) is 28.1. The van der Waals surface area contributed by atoms with Crippen molar-refractivity contribution in [1.82, 2.24) is 9.80 Å². The molecule has 2 aliphatic rings. The van der Waals surface area contributed by atoms with Crippen molar-refractivity contribution in [3.8, 4) is 0 Å². The number of ether oxygens (including phenoxy) is 2.